The molecule has 5 heteroatoms. The van der Waals surface area contributed by atoms with Crippen molar-refractivity contribution >= 4 is 21.7 Å². The van der Waals surface area contributed by atoms with Gasteiger partial charge < -0.3 is 5.32 Å². The van der Waals surface area contributed by atoms with Gasteiger partial charge in [0.15, 0.2) is 0 Å². The van der Waals surface area contributed by atoms with Crippen LogP contribution in [0.5, 0.6) is 0 Å². The molecule has 0 saturated heterocycles. The van der Waals surface area contributed by atoms with Gasteiger partial charge in [-0.05, 0) is 35.0 Å². The van der Waals surface area contributed by atoms with Crippen molar-refractivity contribution in [3.8, 4) is 0 Å². The number of rotatable bonds is 4. The van der Waals surface area contributed by atoms with E-state index in [1.165, 1.54) is 0 Å². The summed E-state index contributed by atoms with van der Waals surface area (Å²) in [4.78, 5) is 13.0. The summed E-state index contributed by atoms with van der Waals surface area (Å²) in [6.45, 7) is 4.09. The van der Waals surface area contributed by atoms with Gasteiger partial charge in [-0.1, -0.05) is 13.0 Å². The summed E-state index contributed by atoms with van der Waals surface area (Å²) in [5.41, 5.74) is 0.991. The lowest BCUT2D eigenvalue weighted by Gasteiger charge is -2.14. The second-order valence-electron chi connectivity index (χ2n) is 3.97. The quantitative estimate of drug-likeness (QED) is 0.880. The highest BCUT2D eigenvalue weighted by Gasteiger charge is 2.08. The lowest BCUT2D eigenvalue weighted by Crippen LogP contribution is -2.10. The third-order valence-corrected chi connectivity index (χ3v) is 2.96. The van der Waals surface area contributed by atoms with E-state index >= 15 is 0 Å². The maximum atomic E-state index is 4.44. The number of nitrogens with zero attached hydrogens (tertiary/aromatic N) is 3. The molecule has 0 radical (unpaired) electrons. The van der Waals surface area contributed by atoms with Gasteiger partial charge in [-0.15, -0.1) is 0 Å². The SMILES string of the molecule is CCc1nc(Br)cc(NC(C)c2ccccn2)n1. The molecule has 2 rings (SSSR count). The van der Waals surface area contributed by atoms with Crippen LogP contribution in [0.3, 0.4) is 0 Å². The Hall–Kier alpha value is -1.49. The molecule has 18 heavy (non-hydrogen) atoms. The summed E-state index contributed by atoms with van der Waals surface area (Å²) >= 11 is 3.39. The van der Waals surface area contributed by atoms with Crippen LogP contribution in [0.15, 0.2) is 35.1 Å². The third kappa shape index (κ3) is 3.26. The number of pyridine rings is 1. The summed E-state index contributed by atoms with van der Waals surface area (Å²) in [5.74, 6) is 1.63. The van der Waals surface area contributed by atoms with Gasteiger partial charge in [0.05, 0.1) is 11.7 Å². The molecule has 2 heterocycles. The number of aryl methyl sites for hydroxylation is 1. The predicted octanol–water partition coefficient (Wildman–Crippen LogP) is 3.37. The van der Waals surface area contributed by atoms with Crippen molar-refractivity contribution in [2.45, 2.75) is 26.3 Å². The number of hydrogen-bond donors (Lipinski definition) is 1. The zero-order valence-electron chi connectivity index (χ0n) is 10.4. The molecule has 1 N–H and O–H groups in total. The van der Waals surface area contributed by atoms with Crippen LogP contribution >= 0.6 is 15.9 Å². The molecule has 4 nitrogen and oxygen atoms in total. The number of halogens is 1. The van der Waals surface area contributed by atoms with E-state index in [1.807, 2.05) is 31.2 Å². The Labute approximate surface area is 115 Å². The molecular formula is C13H15BrN4. The molecule has 0 aliphatic carbocycles. The minimum atomic E-state index is 0.109. The van der Waals surface area contributed by atoms with Gasteiger partial charge in [-0.2, -0.15) is 0 Å². The van der Waals surface area contributed by atoms with Gasteiger partial charge in [0, 0.05) is 18.7 Å². The molecule has 1 atom stereocenters. The molecule has 0 aliphatic heterocycles. The second-order valence-corrected chi connectivity index (χ2v) is 4.78. The Morgan fingerprint density at radius 2 is 2.17 bits per heavy atom. The van der Waals surface area contributed by atoms with Crippen molar-refractivity contribution in [2.24, 2.45) is 0 Å². The molecule has 0 fully saturated rings. The van der Waals surface area contributed by atoms with E-state index in [9.17, 15) is 0 Å². The van der Waals surface area contributed by atoms with E-state index in [1.54, 1.807) is 6.20 Å². The third-order valence-electron chi connectivity index (χ3n) is 2.55. The van der Waals surface area contributed by atoms with Crippen molar-refractivity contribution in [3.63, 3.8) is 0 Å². The Morgan fingerprint density at radius 3 is 2.83 bits per heavy atom. The number of nitrogens with one attached hydrogen (secondary N) is 1. The van der Waals surface area contributed by atoms with Gasteiger partial charge >= 0.3 is 0 Å². The summed E-state index contributed by atoms with van der Waals surface area (Å²) in [6, 6.07) is 7.87. The molecule has 0 saturated carbocycles. The van der Waals surface area contributed by atoms with Crippen molar-refractivity contribution < 1.29 is 0 Å². The monoisotopic (exact) mass is 306 g/mol. The largest absolute Gasteiger partial charge is 0.362 e. The molecule has 0 amide bonds. The fraction of sp³-hybridized carbons (Fsp3) is 0.308. The molecule has 2 aromatic heterocycles. The van der Waals surface area contributed by atoms with Crippen LogP contribution in [-0.2, 0) is 6.42 Å². The Bertz CT molecular complexity index is 516. The standard InChI is InChI=1S/C13H15BrN4/c1-3-12-17-11(14)8-13(18-12)16-9(2)10-6-4-5-7-15-10/h4-9H,3H2,1-2H3,(H,16,17,18). The molecular weight excluding hydrogens is 292 g/mol. The van der Waals surface area contributed by atoms with Gasteiger partial charge in [-0.25, -0.2) is 9.97 Å². The van der Waals surface area contributed by atoms with Gasteiger partial charge in [0.2, 0.25) is 0 Å². The average Bonchev–Trinajstić information content (AvgIpc) is 2.39. The molecule has 0 aliphatic rings. The molecule has 94 valence electrons. The first-order valence-corrected chi connectivity index (χ1v) is 6.69. The van der Waals surface area contributed by atoms with Gasteiger partial charge in [0.25, 0.3) is 0 Å². The first-order chi connectivity index (χ1) is 8.69. The second kappa shape index (κ2) is 5.91. The maximum Gasteiger partial charge on any atom is 0.131 e. The Morgan fingerprint density at radius 1 is 1.33 bits per heavy atom. The highest BCUT2D eigenvalue weighted by Crippen LogP contribution is 2.18. The Kier molecular flexibility index (Phi) is 4.25. The number of hydrogen-bond acceptors (Lipinski definition) is 4. The van der Waals surface area contributed by atoms with Gasteiger partial charge in [0.1, 0.15) is 16.2 Å². The van der Waals surface area contributed by atoms with E-state index in [0.717, 1.165) is 28.4 Å². The van der Waals surface area contributed by atoms with Gasteiger partial charge in [-0.3, -0.25) is 4.98 Å². The molecule has 2 aromatic rings. The molecule has 0 bridgehead atoms. The first-order valence-electron chi connectivity index (χ1n) is 5.90. The lowest BCUT2D eigenvalue weighted by atomic mass is 10.2. The van der Waals surface area contributed by atoms with E-state index < -0.39 is 0 Å². The van der Waals surface area contributed by atoms with E-state index in [2.05, 4.69) is 43.1 Å². The smallest absolute Gasteiger partial charge is 0.131 e. The van der Waals surface area contributed by atoms with E-state index in [-0.39, 0.29) is 6.04 Å². The van der Waals surface area contributed by atoms with Crippen molar-refractivity contribution in [1.29, 1.82) is 0 Å². The number of anilines is 1. The first kappa shape index (κ1) is 13.0. The topological polar surface area (TPSA) is 50.7 Å². The molecule has 0 spiro atoms. The maximum absolute atomic E-state index is 4.44. The lowest BCUT2D eigenvalue weighted by molar-refractivity contribution is 0.821. The fourth-order valence-electron chi connectivity index (χ4n) is 1.62. The summed E-state index contributed by atoms with van der Waals surface area (Å²) in [5, 5.41) is 3.33. The minimum Gasteiger partial charge on any atom is -0.362 e. The van der Waals surface area contributed by atoms with Crippen LogP contribution < -0.4 is 5.32 Å². The van der Waals surface area contributed by atoms with Crippen LogP contribution in [0.4, 0.5) is 5.82 Å². The van der Waals surface area contributed by atoms with Crippen molar-refractivity contribution in [2.75, 3.05) is 5.32 Å². The normalized spacial score (nSPS) is 12.2. The molecule has 0 aromatic carbocycles. The van der Waals surface area contributed by atoms with Crippen LogP contribution in [-0.4, -0.2) is 15.0 Å². The van der Waals surface area contributed by atoms with E-state index in [4.69, 9.17) is 0 Å². The average molecular weight is 307 g/mol. The summed E-state index contributed by atoms with van der Waals surface area (Å²) in [6.07, 6.45) is 2.60. The Balaban J connectivity index is 2.16. The van der Waals surface area contributed by atoms with Crippen LogP contribution in [0.25, 0.3) is 0 Å². The van der Waals surface area contributed by atoms with Crippen LogP contribution in [0.1, 0.15) is 31.4 Å². The molecule has 1 unspecified atom stereocenters. The highest BCUT2D eigenvalue weighted by atomic mass is 79.9. The van der Waals surface area contributed by atoms with Crippen LogP contribution in [0.2, 0.25) is 0 Å². The van der Waals surface area contributed by atoms with E-state index in [0.29, 0.717) is 0 Å². The van der Waals surface area contributed by atoms with Crippen molar-refractivity contribution in [1.82, 2.24) is 15.0 Å². The zero-order valence-corrected chi connectivity index (χ0v) is 12.0. The zero-order chi connectivity index (χ0) is 13.0. The van der Waals surface area contributed by atoms with Crippen LogP contribution in [0, 0.1) is 0 Å². The minimum absolute atomic E-state index is 0.109. The number of aromatic nitrogens is 3. The highest BCUT2D eigenvalue weighted by molar-refractivity contribution is 9.10. The summed E-state index contributed by atoms with van der Waals surface area (Å²) in [7, 11) is 0. The fourth-order valence-corrected chi connectivity index (χ4v) is 2.05. The summed E-state index contributed by atoms with van der Waals surface area (Å²) < 4.78 is 0.796. The predicted molar refractivity (Wildman–Crippen MR) is 75.4 cm³/mol. The van der Waals surface area contributed by atoms with Crippen molar-refractivity contribution in [3.05, 3.63) is 46.6 Å².